The molecule has 0 amide bonds. The third kappa shape index (κ3) is 5.19. The lowest BCUT2D eigenvalue weighted by atomic mass is 10.1. The number of rotatable bonds is 6. The summed E-state index contributed by atoms with van der Waals surface area (Å²) in [4.78, 5) is 6.95. The van der Waals surface area contributed by atoms with Crippen LogP contribution in [0.2, 0.25) is 0 Å². The standard InChI is InChI=1S/C16H29N3/c1-7-13(3)19(8-2)15-10-9-14(11-17-15)12-18-16(4,5)6/h9-11,13,18H,7-8,12H2,1-6H3. The summed E-state index contributed by atoms with van der Waals surface area (Å²) in [7, 11) is 0. The molecule has 0 bridgehead atoms. The van der Waals surface area contributed by atoms with E-state index < -0.39 is 0 Å². The van der Waals surface area contributed by atoms with Crippen LogP contribution in [-0.2, 0) is 6.54 Å². The smallest absolute Gasteiger partial charge is 0.128 e. The minimum atomic E-state index is 0.144. The van der Waals surface area contributed by atoms with E-state index in [-0.39, 0.29) is 5.54 Å². The Morgan fingerprint density at radius 2 is 1.95 bits per heavy atom. The maximum absolute atomic E-state index is 4.61. The summed E-state index contributed by atoms with van der Waals surface area (Å²) in [5.74, 6) is 1.08. The van der Waals surface area contributed by atoms with Gasteiger partial charge in [0.2, 0.25) is 0 Å². The SMILES string of the molecule is CCC(C)N(CC)c1ccc(CNC(C)(C)C)cn1. The number of nitrogens with zero attached hydrogens (tertiary/aromatic N) is 2. The van der Waals surface area contributed by atoms with Gasteiger partial charge in [-0.25, -0.2) is 4.98 Å². The predicted molar refractivity (Wildman–Crippen MR) is 83.6 cm³/mol. The number of pyridine rings is 1. The van der Waals surface area contributed by atoms with E-state index in [9.17, 15) is 0 Å². The van der Waals surface area contributed by atoms with E-state index in [4.69, 9.17) is 0 Å². The van der Waals surface area contributed by atoms with Crippen molar-refractivity contribution >= 4 is 5.82 Å². The Kier molecular flexibility index (Phi) is 5.80. The highest BCUT2D eigenvalue weighted by molar-refractivity contribution is 5.40. The second kappa shape index (κ2) is 6.90. The number of anilines is 1. The molecule has 3 heteroatoms. The molecule has 19 heavy (non-hydrogen) atoms. The predicted octanol–water partition coefficient (Wildman–Crippen LogP) is 3.59. The normalized spacial score (nSPS) is 13.4. The first-order valence-corrected chi connectivity index (χ1v) is 7.34. The average Bonchev–Trinajstić information content (AvgIpc) is 2.37. The molecule has 1 rings (SSSR count). The van der Waals surface area contributed by atoms with Crippen LogP contribution >= 0.6 is 0 Å². The Hall–Kier alpha value is -1.09. The Morgan fingerprint density at radius 1 is 1.26 bits per heavy atom. The van der Waals surface area contributed by atoms with Crippen LogP contribution in [0.5, 0.6) is 0 Å². The van der Waals surface area contributed by atoms with Gasteiger partial charge in [-0.1, -0.05) is 13.0 Å². The lowest BCUT2D eigenvalue weighted by Gasteiger charge is -2.28. The van der Waals surface area contributed by atoms with Gasteiger partial charge in [-0.05, 0) is 52.7 Å². The van der Waals surface area contributed by atoms with Crippen LogP contribution in [-0.4, -0.2) is 23.1 Å². The lowest BCUT2D eigenvalue weighted by molar-refractivity contribution is 0.424. The third-order valence-corrected chi connectivity index (χ3v) is 3.39. The highest BCUT2D eigenvalue weighted by Gasteiger charge is 2.12. The van der Waals surface area contributed by atoms with Crippen LogP contribution < -0.4 is 10.2 Å². The molecule has 3 nitrogen and oxygen atoms in total. The van der Waals surface area contributed by atoms with Crippen LogP contribution in [0.15, 0.2) is 18.3 Å². The van der Waals surface area contributed by atoms with Crippen molar-refractivity contribution in [1.29, 1.82) is 0 Å². The van der Waals surface area contributed by atoms with Gasteiger partial charge in [-0.15, -0.1) is 0 Å². The summed E-state index contributed by atoms with van der Waals surface area (Å²) in [6.07, 6.45) is 3.13. The molecule has 0 spiro atoms. The zero-order valence-electron chi connectivity index (χ0n) is 13.3. The van der Waals surface area contributed by atoms with Crippen molar-refractivity contribution in [3.63, 3.8) is 0 Å². The Balaban J connectivity index is 2.70. The molecule has 1 heterocycles. The first kappa shape index (κ1) is 16.0. The fourth-order valence-corrected chi connectivity index (χ4v) is 1.98. The summed E-state index contributed by atoms with van der Waals surface area (Å²) in [6.45, 7) is 15.1. The van der Waals surface area contributed by atoms with Gasteiger partial charge in [0.1, 0.15) is 5.82 Å². The Morgan fingerprint density at radius 3 is 2.37 bits per heavy atom. The van der Waals surface area contributed by atoms with Gasteiger partial charge in [-0.2, -0.15) is 0 Å². The molecular formula is C16H29N3. The van der Waals surface area contributed by atoms with Gasteiger partial charge in [-0.3, -0.25) is 0 Å². The van der Waals surface area contributed by atoms with Crippen molar-refractivity contribution in [3.05, 3.63) is 23.9 Å². The molecule has 1 N–H and O–H groups in total. The summed E-state index contributed by atoms with van der Waals surface area (Å²) in [6, 6.07) is 4.85. The van der Waals surface area contributed by atoms with Crippen molar-refractivity contribution in [3.8, 4) is 0 Å². The largest absolute Gasteiger partial charge is 0.354 e. The van der Waals surface area contributed by atoms with Crippen molar-refractivity contribution < 1.29 is 0 Å². The van der Waals surface area contributed by atoms with E-state index >= 15 is 0 Å². The van der Waals surface area contributed by atoms with Crippen molar-refractivity contribution in [2.45, 2.75) is 66.1 Å². The molecule has 0 saturated heterocycles. The van der Waals surface area contributed by atoms with Gasteiger partial charge in [0.25, 0.3) is 0 Å². The number of aromatic nitrogens is 1. The molecule has 0 aliphatic heterocycles. The van der Waals surface area contributed by atoms with Gasteiger partial charge < -0.3 is 10.2 Å². The van der Waals surface area contributed by atoms with Gasteiger partial charge in [0.15, 0.2) is 0 Å². The maximum Gasteiger partial charge on any atom is 0.128 e. The van der Waals surface area contributed by atoms with Crippen LogP contribution in [0.3, 0.4) is 0 Å². The molecule has 0 radical (unpaired) electrons. The molecule has 0 aliphatic carbocycles. The molecule has 0 aromatic carbocycles. The maximum atomic E-state index is 4.61. The van der Waals surface area contributed by atoms with E-state index in [1.807, 2.05) is 6.20 Å². The van der Waals surface area contributed by atoms with Crippen LogP contribution in [0.1, 0.15) is 53.5 Å². The van der Waals surface area contributed by atoms with Crippen LogP contribution in [0, 0.1) is 0 Å². The van der Waals surface area contributed by atoms with E-state index in [0.29, 0.717) is 6.04 Å². The second-order valence-corrected chi connectivity index (χ2v) is 6.17. The summed E-state index contributed by atoms with van der Waals surface area (Å²) in [5, 5.41) is 3.48. The summed E-state index contributed by atoms with van der Waals surface area (Å²) < 4.78 is 0. The van der Waals surface area contributed by atoms with Crippen LogP contribution in [0.4, 0.5) is 5.82 Å². The van der Waals surface area contributed by atoms with Gasteiger partial charge in [0.05, 0.1) is 0 Å². The summed E-state index contributed by atoms with van der Waals surface area (Å²) in [5.41, 5.74) is 1.38. The second-order valence-electron chi connectivity index (χ2n) is 6.17. The number of nitrogens with one attached hydrogen (secondary N) is 1. The van der Waals surface area contributed by atoms with Crippen LogP contribution in [0.25, 0.3) is 0 Å². The topological polar surface area (TPSA) is 28.2 Å². The first-order chi connectivity index (χ1) is 8.87. The third-order valence-electron chi connectivity index (χ3n) is 3.39. The highest BCUT2D eigenvalue weighted by atomic mass is 15.2. The molecule has 0 saturated carbocycles. The average molecular weight is 263 g/mol. The van der Waals surface area contributed by atoms with E-state index in [0.717, 1.165) is 25.3 Å². The van der Waals surface area contributed by atoms with Crippen molar-refractivity contribution in [2.75, 3.05) is 11.4 Å². The van der Waals surface area contributed by atoms with Crippen molar-refractivity contribution in [2.24, 2.45) is 0 Å². The minimum absolute atomic E-state index is 0.144. The number of hydrogen-bond acceptors (Lipinski definition) is 3. The lowest BCUT2D eigenvalue weighted by Crippen LogP contribution is -2.35. The quantitative estimate of drug-likeness (QED) is 0.850. The highest BCUT2D eigenvalue weighted by Crippen LogP contribution is 2.16. The Bertz CT molecular complexity index is 365. The molecule has 1 atom stereocenters. The molecule has 1 aromatic rings. The monoisotopic (exact) mass is 263 g/mol. The molecule has 108 valence electrons. The molecule has 1 unspecified atom stereocenters. The zero-order chi connectivity index (χ0) is 14.5. The van der Waals surface area contributed by atoms with E-state index in [2.05, 4.69) is 68.9 Å². The van der Waals surface area contributed by atoms with Gasteiger partial charge in [0, 0.05) is 30.9 Å². The van der Waals surface area contributed by atoms with E-state index in [1.54, 1.807) is 0 Å². The minimum Gasteiger partial charge on any atom is -0.354 e. The fourth-order valence-electron chi connectivity index (χ4n) is 1.98. The summed E-state index contributed by atoms with van der Waals surface area (Å²) >= 11 is 0. The van der Waals surface area contributed by atoms with Gasteiger partial charge >= 0.3 is 0 Å². The fraction of sp³-hybridized carbons (Fsp3) is 0.688. The first-order valence-electron chi connectivity index (χ1n) is 7.34. The molecular weight excluding hydrogens is 234 g/mol. The molecule has 0 aliphatic rings. The molecule has 0 fully saturated rings. The number of hydrogen-bond donors (Lipinski definition) is 1. The van der Waals surface area contributed by atoms with E-state index in [1.165, 1.54) is 5.56 Å². The van der Waals surface area contributed by atoms with Crippen molar-refractivity contribution in [1.82, 2.24) is 10.3 Å². The zero-order valence-corrected chi connectivity index (χ0v) is 13.3. The molecule has 1 aromatic heterocycles. The Labute approximate surface area is 118 Å².